The molecule has 0 aromatic carbocycles. The second-order valence-corrected chi connectivity index (χ2v) is 10.5. The van der Waals surface area contributed by atoms with Gasteiger partial charge in [-0.2, -0.15) is 4.31 Å². The fourth-order valence-electron chi connectivity index (χ4n) is 2.88. The van der Waals surface area contributed by atoms with Crippen molar-refractivity contribution in [1.82, 2.24) is 4.31 Å². The zero-order chi connectivity index (χ0) is 14.9. The van der Waals surface area contributed by atoms with Crippen LogP contribution in [0.25, 0.3) is 0 Å². The van der Waals surface area contributed by atoms with Crippen LogP contribution >= 0.6 is 43.2 Å². The van der Waals surface area contributed by atoms with Crippen LogP contribution in [0.3, 0.4) is 0 Å². The van der Waals surface area contributed by atoms with Gasteiger partial charge in [-0.05, 0) is 63.2 Å². The number of halogens is 2. The summed E-state index contributed by atoms with van der Waals surface area (Å²) in [6, 6.07) is 1.69. The molecule has 2 N–H and O–H groups in total. The van der Waals surface area contributed by atoms with Crippen LogP contribution in [0.4, 0.5) is 0 Å². The summed E-state index contributed by atoms with van der Waals surface area (Å²) in [7, 11) is -3.48. The van der Waals surface area contributed by atoms with Gasteiger partial charge in [-0.15, -0.1) is 11.3 Å². The van der Waals surface area contributed by atoms with E-state index in [1.807, 2.05) is 6.92 Å². The summed E-state index contributed by atoms with van der Waals surface area (Å²) in [4.78, 5) is 0.346. The number of hydrogen-bond donors (Lipinski definition) is 1. The van der Waals surface area contributed by atoms with Crippen molar-refractivity contribution in [1.29, 1.82) is 0 Å². The zero-order valence-corrected chi connectivity index (χ0v) is 16.0. The molecule has 1 aliphatic rings. The van der Waals surface area contributed by atoms with Crippen LogP contribution in [0, 0.1) is 5.92 Å². The molecule has 4 nitrogen and oxygen atoms in total. The van der Waals surface area contributed by atoms with Crippen LogP contribution in [-0.2, 0) is 10.0 Å². The maximum atomic E-state index is 12.9. The van der Waals surface area contributed by atoms with Crippen LogP contribution in [0.2, 0.25) is 0 Å². The molecule has 0 radical (unpaired) electrons. The molecular weight excluding hydrogens is 428 g/mol. The summed E-state index contributed by atoms with van der Waals surface area (Å²) < 4.78 is 28.8. The van der Waals surface area contributed by atoms with E-state index >= 15 is 0 Å². The van der Waals surface area contributed by atoms with Gasteiger partial charge in [0.15, 0.2) is 0 Å². The van der Waals surface area contributed by atoms with Crippen LogP contribution in [-0.4, -0.2) is 31.9 Å². The third-order valence-corrected chi connectivity index (χ3v) is 8.57. The molecule has 2 atom stereocenters. The lowest BCUT2D eigenvalue weighted by molar-refractivity contribution is 0.276. The summed E-state index contributed by atoms with van der Waals surface area (Å²) >= 11 is 8.07. The summed E-state index contributed by atoms with van der Waals surface area (Å²) in [5.74, 6) is 0.269. The van der Waals surface area contributed by atoms with Gasteiger partial charge in [0.1, 0.15) is 4.90 Å². The molecule has 1 aliphatic carbocycles. The van der Waals surface area contributed by atoms with Crippen molar-refractivity contribution in [2.75, 3.05) is 13.1 Å². The molecule has 2 unspecified atom stereocenters. The van der Waals surface area contributed by atoms with E-state index in [9.17, 15) is 8.42 Å². The smallest absolute Gasteiger partial charge is 0.245 e. The quantitative estimate of drug-likeness (QED) is 0.755. The number of nitrogens with two attached hydrogens (primary N) is 1. The lowest BCUT2D eigenvalue weighted by atomic mass is 10.0. The van der Waals surface area contributed by atoms with E-state index in [2.05, 4.69) is 31.9 Å². The molecule has 0 saturated heterocycles. The summed E-state index contributed by atoms with van der Waals surface area (Å²) in [6.45, 7) is 2.91. The first-order valence-corrected chi connectivity index (χ1v) is 10.4. The molecule has 0 spiro atoms. The van der Waals surface area contributed by atoms with Crippen molar-refractivity contribution in [2.24, 2.45) is 11.7 Å². The predicted octanol–water partition coefficient (Wildman–Crippen LogP) is 3.41. The maximum absolute atomic E-state index is 12.9. The molecule has 1 aromatic heterocycles. The minimum atomic E-state index is -3.48. The van der Waals surface area contributed by atoms with Gasteiger partial charge in [-0.25, -0.2) is 8.42 Å². The van der Waals surface area contributed by atoms with E-state index in [0.717, 1.165) is 23.0 Å². The predicted molar refractivity (Wildman–Crippen MR) is 89.5 cm³/mol. The van der Waals surface area contributed by atoms with Crippen molar-refractivity contribution < 1.29 is 8.42 Å². The van der Waals surface area contributed by atoms with E-state index in [1.165, 1.54) is 11.3 Å². The van der Waals surface area contributed by atoms with E-state index < -0.39 is 10.0 Å². The molecule has 0 aliphatic heterocycles. The van der Waals surface area contributed by atoms with E-state index in [0.29, 0.717) is 21.8 Å². The summed E-state index contributed by atoms with van der Waals surface area (Å²) in [5.41, 5.74) is 5.80. The Morgan fingerprint density at radius 3 is 2.65 bits per heavy atom. The Morgan fingerprint density at radius 1 is 1.45 bits per heavy atom. The molecule has 8 heteroatoms. The molecule has 1 fully saturated rings. The standard InChI is InChI=1S/C12H18Br2N2O2S2/c1-2-16(9-5-3-4-8(9)7-15)20(17,18)10-6-11(13)19-12(10)14/h6,8-9H,2-5,7,15H2,1H3. The molecular formula is C12H18Br2N2O2S2. The number of sulfonamides is 1. The van der Waals surface area contributed by atoms with Crippen molar-refractivity contribution in [3.05, 3.63) is 13.6 Å². The highest BCUT2D eigenvalue weighted by atomic mass is 79.9. The Kier molecular flexibility index (Phi) is 5.70. The van der Waals surface area contributed by atoms with Crippen LogP contribution in [0.1, 0.15) is 26.2 Å². The molecule has 1 saturated carbocycles. The van der Waals surface area contributed by atoms with Gasteiger partial charge in [-0.1, -0.05) is 13.3 Å². The van der Waals surface area contributed by atoms with Crippen molar-refractivity contribution in [3.8, 4) is 0 Å². The third-order valence-electron chi connectivity index (χ3n) is 3.82. The average molecular weight is 446 g/mol. The van der Waals surface area contributed by atoms with Gasteiger partial charge >= 0.3 is 0 Å². The van der Waals surface area contributed by atoms with Crippen LogP contribution in [0.15, 0.2) is 18.5 Å². The van der Waals surface area contributed by atoms with Crippen LogP contribution in [0.5, 0.6) is 0 Å². The second kappa shape index (κ2) is 6.75. The monoisotopic (exact) mass is 444 g/mol. The Morgan fingerprint density at radius 2 is 2.15 bits per heavy atom. The van der Waals surface area contributed by atoms with Gasteiger partial charge < -0.3 is 5.73 Å². The van der Waals surface area contributed by atoms with Gasteiger partial charge in [0.05, 0.1) is 7.57 Å². The second-order valence-electron chi connectivity index (χ2n) is 4.89. The summed E-state index contributed by atoms with van der Waals surface area (Å²) in [5, 5.41) is 0. The topological polar surface area (TPSA) is 63.4 Å². The van der Waals surface area contributed by atoms with Crippen molar-refractivity contribution in [3.63, 3.8) is 0 Å². The first-order valence-electron chi connectivity index (χ1n) is 6.58. The first kappa shape index (κ1) is 16.9. The molecule has 0 amide bonds. The van der Waals surface area contributed by atoms with E-state index in [4.69, 9.17) is 5.73 Å². The molecule has 114 valence electrons. The maximum Gasteiger partial charge on any atom is 0.245 e. The SMILES string of the molecule is CCN(C1CCCC1CN)S(=O)(=O)c1cc(Br)sc1Br. The Balaban J connectivity index is 2.37. The van der Waals surface area contributed by atoms with E-state index in [1.54, 1.807) is 10.4 Å². The lowest BCUT2D eigenvalue weighted by Crippen LogP contribution is -2.43. The zero-order valence-electron chi connectivity index (χ0n) is 11.2. The highest BCUT2D eigenvalue weighted by Crippen LogP contribution is 2.39. The average Bonchev–Trinajstić information content (AvgIpc) is 2.96. The van der Waals surface area contributed by atoms with Gasteiger partial charge in [0, 0.05) is 12.6 Å². The fourth-order valence-corrected chi connectivity index (χ4v) is 8.37. The third kappa shape index (κ3) is 3.15. The van der Waals surface area contributed by atoms with Crippen LogP contribution < -0.4 is 5.73 Å². The fraction of sp³-hybridized carbons (Fsp3) is 0.667. The lowest BCUT2D eigenvalue weighted by Gasteiger charge is -2.30. The van der Waals surface area contributed by atoms with Gasteiger partial charge in [0.25, 0.3) is 0 Å². The van der Waals surface area contributed by atoms with Gasteiger partial charge in [-0.3, -0.25) is 0 Å². The molecule has 1 heterocycles. The van der Waals surface area contributed by atoms with Crippen molar-refractivity contribution >= 4 is 53.2 Å². The minimum Gasteiger partial charge on any atom is -0.330 e. The highest BCUT2D eigenvalue weighted by Gasteiger charge is 2.38. The Labute approximate surface area is 141 Å². The Bertz CT molecular complexity index is 574. The highest BCUT2D eigenvalue weighted by molar-refractivity contribution is 9.12. The Hall–Kier alpha value is 0.530. The molecule has 2 rings (SSSR count). The molecule has 0 bridgehead atoms. The van der Waals surface area contributed by atoms with E-state index in [-0.39, 0.29) is 12.0 Å². The first-order chi connectivity index (χ1) is 9.41. The number of thiophene rings is 1. The molecule has 20 heavy (non-hydrogen) atoms. The van der Waals surface area contributed by atoms with Crippen molar-refractivity contribution in [2.45, 2.75) is 37.1 Å². The summed E-state index contributed by atoms with van der Waals surface area (Å²) in [6.07, 6.45) is 2.96. The number of rotatable bonds is 5. The number of nitrogens with zero attached hydrogens (tertiary/aromatic N) is 1. The minimum absolute atomic E-state index is 0.0283. The number of hydrogen-bond acceptors (Lipinski definition) is 4. The van der Waals surface area contributed by atoms with Gasteiger partial charge in [0.2, 0.25) is 10.0 Å². The normalized spacial score (nSPS) is 23.6. The molecule has 1 aromatic rings. The largest absolute Gasteiger partial charge is 0.330 e.